The van der Waals surface area contributed by atoms with Crippen molar-refractivity contribution in [2.75, 3.05) is 13.2 Å². The van der Waals surface area contributed by atoms with Gasteiger partial charge in [0.05, 0.1) is 13.2 Å². The van der Waals surface area contributed by atoms with E-state index in [0.717, 1.165) is 11.8 Å². The third-order valence-corrected chi connectivity index (χ3v) is 3.44. The number of ether oxygens (including phenoxy) is 1. The van der Waals surface area contributed by atoms with Gasteiger partial charge in [0, 0.05) is 6.04 Å². The van der Waals surface area contributed by atoms with E-state index in [2.05, 4.69) is 19.2 Å². The Balaban J connectivity index is 2.19. The highest BCUT2D eigenvalue weighted by atomic mass is 16.5. The van der Waals surface area contributed by atoms with E-state index in [9.17, 15) is 4.79 Å². The Bertz CT molecular complexity index is 206. The van der Waals surface area contributed by atoms with Crippen LogP contribution in [0, 0.1) is 11.8 Å². The summed E-state index contributed by atoms with van der Waals surface area (Å²) in [5.41, 5.74) is 0. The molecule has 1 aliphatic carbocycles. The van der Waals surface area contributed by atoms with E-state index in [-0.39, 0.29) is 5.97 Å². The summed E-state index contributed by atoms with van der Waals surface area (Å²) in [5.74, 6) is 1.45. The first-order chi connectivity index (χ1) is 7.13. The van der Waals surface area contributed by atoms with Crippen LogP contribution in [0.1, 0.15) is 40.0 Å². The molecule has 0 bridgehead atoms. The predicted molar refractivity (Wildman–Crippen MR) is 60.6 cm³/mol. The second kappa shape index (κ2) is 6.11. The van der Waals surface area contributed by atoms with Gasteiger partial charge in [-0.25, -0.2) is 0 Å². The lowest BCUT2D eigenvalue weighted by atomic mass is 9.79. The maximum atomic E-state index is 11.1. The van der Waals surface area contributed by atoms with Crippen LogP contribution in [-0.2, 0) is 9.53 Å². The van der Waals surface area contributed by atoms with E-state index in [0.29, 0.717) is 19.2 Å². The number of rotatable bonds is 4. The number of esters is 1. The fourth-order valence-electron chi connectivity index (χ4n) is 2.17. The molecule has 1 aliphatic rings. The van der Waals surface area contributed by atoms with Gasteiger partial charge in [-0.15, -0.1) is 0 Å². The molecule has 0 aromatic rings. The topological polar surface area (TPSA) is 38.3 Å². The van der Waals surface area contributed by atoms with Crippen LogP contribution in [0.4, 0.5) is 0 Å². The van der Waals surface area contributed by atoms with Crippen LogP contribution in [0.3, 0.4) is 0 Å². The molecule has 1 saturated carbocycles. The molecular weight excluding hydrogens is 190 g/mol. The molecule has 0 aromatic carbocycles. The average molecular weight is 213 g/mol. The van der Waals surface area contributed by atoms with Gasteiger partial charge < -0.3 is 10.1 Å². The van der Waals surface area contributed by atoms with Gasteiger partial charge in [-0.05, 0) is 38.0 Å². The van der Waals surface area contributed by atoms with Crippen molar-refractivity contribution in [3.63, 3.8) is 0 Å². The zero-order valence-corrected chi connectivity index (χ0v) is 10.1. The number of nitrogens with one attached hydrogen (secondary N) is 1. The van der Waals surface area contributed by atoms with E-state index in [1.54, 1.807) is 0 Å². The third kappa shape index (κ3) is 4.20. The van der Waals surface area contributed by atoms with Crippen LogP contribution in [-0.4, -0.2) is 25.2 Å². The van der Waals surface area contributed by atoms with Gasteiger partial charge in [0.1, 0.15) is 0 Å². The van der Waals surface area contributed by atoms with Crippen molar-refractivity contribution in [3.8, 4) is 0 Å². The summed E-state index contributed by atoms with van der Waals surface area (Å²) < 4.78 is 4.88. The minimum atomic E-state index is -0.135. The van der Waals surface area contributed by atoms with Crippen LogP contribution in [0.2, 0.25) is 0 Å². The molecule has 3 atom stereocenters. The molecule has 15 heavy (non-hydrogen) atoms. The van der Waals surface area contributed by atoms with Gasteiger partial charge in [0.2, 0.25) is 0 Å². The van der Waals surface area contributed by atoms with Crippen molar-refractivity contribution in [3.05, 3.63) is 0 Å². The largest absolute Gasteiger partial charge is 0.465 e. The predicted octanol–water partition coefficient (Wildman–Crippen LogP) is 1.96. The zero-order chi connectivity index (χ0) is 11.3. The second-order valence-corrected chi connectivity index (χ2v) is 4.65. The highest BCUT2D eigenvalue weighted by molar-refractivity contribution is 5.71. The molecule has 3 nitrogen and oxygen atoms in total. The van der Waals surface area contributed by atoms with Crippen LogP contribution < -0.4 is 5.32 Å². The first-order valence-corrected chi connectivity index (χ1v) is 6.02. The van der Waals surface area contributed by atoms with Crippen molar-refractivity contribution >= 4 is 5.97 Å². The molecule has 0 amide bonds. The summed E-state index contributed by atoms with van der Waals surface area (Å²) >= 11 is 0. The molecule has 1 rings (SSSR count). The van der Waals surface area contributed by atoms with Crippen LogP contribution in [0.25, 0.3) is 0 Å². The molecule has 0 aliphatic heterocycles. The molecule has 1 fully saturated rings. The number of hydrogen-bond donors (Lipinski definition) is 1. The molecule has 88 valence electrons. The number of carbonyl (C=O) groups is 1. The maximum absolute atomic E-state index is 11.1. The number of carbonyl (C=O) groups excluding carboxylic acids is 1. The molecule has 0 saturated heterocycles. The van der Waals surface area contributed by atoms with E-state index in [4.69, 9.17) is 4.74 Å². The standard InChI is InChI=1S/C12H23NO2/c1-4-15-12(14)8-13-11-6-5-9(2)10(3)7-11/h9-11,13H,4-8H2,1-3H3. The van der Waals surface area contributed by atoms with Crippen LogP contribution >= 0.6 is 0 Å². The first-order valence-electron chi connectivity index (χ1n) is 6.02. The third-order valence-electron chi connectivity index (χ3n) is 3.44. The van der Waals surface area contributed by atoms with Crippen molar-refractivity contribution in [2.45, 2.75) is 46.1 Å². The van der Waals surface area contributed by atoms with Gasteiger partial charge in [0.15, 0.2) is 0 Å². The average Bonchev–Trinajstić information content (AvgIpc) is 2.20. The summed E-state index contributed by atoms with van der Waals surface area (Å²) in [6, 6.07) is 0.501. The highest BCUT2D eigenvalue weighted by Gasteiger charge is 2.24. The van der Waals surface area contributed by atoms with E-state index < -0.39 is 0 Å². The Kier molecular flexibility index (Phi) is 5.09. The number of hydrogen-bond acceptors (Lipinski definition) is 3. The minimum Gasteiger partial charge on any atom is -0.465 e. The van der Waals surface area contributed by atoms with Crippen molar-refractivity contribution < 1.29 is 9.53 Å². The van der Waals surface area contributed by atoms with Crippen LogP contribution in [0.15, 0.2) is 0 Å². The molecular formula is C12H23NO2. The van der Waals surface area contributed by atoms with E-state index in [1.165, 1.54) is 19.3 Å². The molecule has 0 heterocycles. The molecule has 0 aromatic heterocycles. The fraction of sp³-hybridized carbons (Fsp3) is 0.917. The zero-order valence-electron chi connectivity index (χ0n) is 10.1. The summed E-state index contributed by atoms with van der Waals surface area (Å²) in [6.07, 6.45) is 3.63. The lowest BCUT2D eigenvalue weighted by molar-refractivity contribution is -0.142. The van der Waals surface area contributed by atoms with Gasteiger partial charge >= 0.3 is 5.97 Å². The van der Waals surface area contributed by atoms with Gasteiger partial charge in [-0.3, -0.25) is 4.79 Å². The fourth-order valence-corrected chi connectivity index (χ4v) is 2.17. The molecule has 0 radical (unpaired) electrons. The van der Waals surface area contributed by atoms with Gasteiger partial charge in [-0.1, -0.05) is 13.8 Å². The Morgan fingerprint density at radius 1 is 1.33 bits per heavy atom. The molecule has 3 heteroatoms. The Morgan fingerprint density at radius 3 is 2.67 bits per heavy atom. The molecule has 1 N–H and O–H groups in total. The van der Waals surface area contributed by atoms with Crippen molar-refractivity contribution in [1.82, 2.24) is 5.32 Å². The normalized spacial score (nSPS) is 31.3. The Labute approximate surface area is 92.6 Å². The van der Waals surface area contributed by atoms with E-state index >= 15 is 0 Å². The summed E-state index contributed by atoms with van der Waals surface area (Å²) in [6.45, 7) is 7.27. The maximum Gasteiger partial charge on any atom is 0.319 e. The molecule has 0 spiro atoms. The summed E-state index contributed by atoms with van der Waals surface area (Å²) in [5, 5.41) is 3.28. The van der Waals surface area contributed by atoms with Crippen molar-refractivity contribution in [2.24, 2.45) is 11.8 Å². The smallest absolute Gasteiger partial charge is 0.319 e. The Hall–Kier alpha value is -0.570. The van der Waals surface area contributed by atoms with Crippen molar-refractivity contribution in [1.29, 1.82) is 0 Å². The lowest BCUT2D eigenvalue weighted by Gasteiger charge is -2.32. The summed E-state index contributed by atoms with van der Waals surface area (Å²) in [4.78, 5) is 11.1. The molecule has 3 unspecified atom stereocenters. The summed E-state index contributed by atoms with van der Waals surface area (Å²) in [7, 11) is 0. The van der Waals surface area contributed by atoms with Gasteiger partial charge in [-0.2, -0.15) is 0 Å². The van der Waals surface area contributed by atoms with Crippen LogP contribution in [0.5, 0.6) is 0 Å². The second-order valence-electron chi connectivity index (χ2n) is 4.65. The van der Waals surface area contributed by atoms with Gasteiger partial charge in [0.25, 0.3) is 0 Å². The Morgan fingerprint density at radius 2 is 2.07 bits per heavy atom. The van der Waals surface area contributed by atoms with E-state index in [1.807, 2.05) is 6.92 Å². The quantitative estimate of drug-likeness (QED) is 0.726. The lowest BCUT2D eigenvalue weighted by Crippen LogP contribution is -2.39. The SMILES string of the molecule is CCOC(=O)CNC1CCC(C)C(C)C1. The monoisotopic (exact) mass is 213 g/mol. The minimum absolute atomic E-state index is 0.135. The highest BCUT2D eigenvalue weighted by Crippen LogP contribution is 2.29. The first kappa shape index (κ1) is 12.5.